The van der Waals surface area contributed by atoms with Gasteiger partial charge in [-0.25, -0.2) is 0 Å². The lowest BCUT2D eigenvalue weighted by Crippen LogP contribution is -2.28. The summed E-state index contributed by atoms with van der Waals surface area (Å²) < 4.78 is 7.35. The number of aromatic nitrogens is 2. The van der Waals surface area contributed by atoms with Gasteiger partial charge in [0.05, 0.1) is 18.2 Å². The van der Waals surface area contributed by atoms with E-state index in [0.29, 0.717) is 13.0 Å². The van der Waals surface area contributed by atoms with Crippen LogP contribution in [0.2, 0.25) is 0 Å². The highest BCUT2D eigenvalue weighted by atomic mass is 16.5. The van der Waals surface area contributed by atoms with Crippen LogP contribution in [-0.2, 0) is 16.1 Å². The molecule has 5 nitrogen and oxygen atoms in total. The van der Waals surface area contributed by atoms with Crippen molar-refractivity contribution in [3.63, 3.8) is 0 Å². The van der Waals surface area contributed by atoms with Crippen LogP contribution in [0, 0.1) is 5.92 Å². The van der Waals surface area contributed by atoms with Crippen LogP contribution >= 0.6 is 0 Å². The number of carbonyl (C=O) groups is 1. The maximum atomic E-state index is 11.1. The molecule has 1 aliphatic heterocycles. The van der Waals surface area contributed by atoms with Crippen LogP contribution in [0.3, 0.4) is 0 Å². The Morgan fingerprint density at radius 3 is 3.19 bits per heavy atom. The van der Waals surface area contributed by atoms with E-state index in [1.54, 1.807) is 10.9 Å². The Balaban J connectivity index is 2.19. The van der Waals surface area contributed by atoms with Gasteiger partial charge in [0.1, 0.15) is 0 Å². The standard InChI is InChI=1S/C11H16N2O3/c1-2-13-7-8(6-12-13)10-9(11(14)15)4-3-5-16-10/h6-7,9-10H,2-5H2,1H3,(H,14,15)/t9-,10-/m1/s1. The highest BCUT2D eigenvalue weighted by molar-refractivity contribution is 5.71. The first-order valence-corrected chi connectivity index (χ1v) is 5.59. The SMILES string of the molecule is CCn1cc([C@H]2OCCC[C@H]2C(=O)O)cn1. The minimum absolute atomic E-state index is 0.341. The van der Waals surface area contributed by atoms with E-state index in [1.807, 2.05) is 13.1 Å². The van der Waals surface area contributed by atoms with Gasteiger partial charge in [0, 0.05) is 24.9 Å². The Morgan fingerprint density at radius 2 is 2.56 bits per heavy atom. The van der Waals surface area contributed by atoms with E-state index in [2.05, 4.69) is 5.10 Å². The van der Waals surface area contributed by atoms with Crippen molar-refractivity contribution in [3.05, 3.63) is 18.0 Å². The number of carboxylic acid groups (broad SMARTS) is 1. The summed E-state index contributed by atoms with van der Waals surface area (Å²) >= 11 is 0. The molecule has 1 aromatic rings. The van der Waals surface area contributed by atoms with Crippen LogP contribution in [0.15, 0.2) is 12.4 Å². The van der Waals surface area contributed by atoms with E-state index in [1.165, 1.54) is 0 Å². The molecule has 1 aliphatic rings. The Hall–Kier alpha value is -1.36. The number of hydrogen-bond acceptors (Lipinski definition) is 3. The fourth-order valence-corrected chi connectivity index (χ4v) is 2.06. The van der Waals surface area contributed by atoms with E-state index in [-0.39, 0.29) is 6.10 Å². The van der Waals surface area contributed by atoms with Crippen LogP contribution in [0.1, 0.15) is 31.4 Å². The summed E-state index contributed by atoms with van der Waals surface area (Å²) in [6.45, 7) is 3.41. The summed E-state index contributed by atoms with van der Waals surface area (Å²) in [6, 6.07) is 0. The number of rotatable bonds is 3. The Labute approximate surface area is 94.0 Å². The van der Waals surface area contributed by atoms with Gasteiger partial charge in [0.15, 0.2) is 0 Å². The van der Waals surface area contributed by atoms with Gasteiger partial charge in [-0.2, -0.15) is 5.10 Å². The minimum Gasteiger partial charge on any atom is -0.481 e. The summed E-state index contributed by atoms with van der Waals surface area (Å²) in [4.78, 5) is 11.1. The van der Waals surface area contributed by atoms with Gasteiger partial charge in [-0.05, 0) is 19.8 Å². The van der Waals surface area contributed by atoms with Crippen molar-refractivity contribution >= 4 is 5.97 Å². The molecule has 2 heterocycles. The molecule has 0 amide bonds. The maximum absolute atomic E-state index is 11.1. The first-order valence-electron chi connectivity index (χ1n) is 5.59. The van der Waals surface area contributed by atoms with Gasteiger partial charge in [-0.15, -0.1) is 0 Å². The lowest BCUT2D eigenvalue weighted by molar-refractivity contribution is -0.151. The third kappa shape index (κ3) is 2.09. The average Bonchev–Trinajstić information content (AvgIpc) is 2.77. The zero-order valence-corrected chi connectivity index (χ0v) is 9.30. The van der Waals surface area contributed by atoms with Crippen molar-refractivity contribution in [1.82, 2.24) is 9.78 Å². The smallest absolute Gasteiger partial charge is 0.309 e. The van der Waals surface area contributed by atoms with Crippen molar-refractivity contribution < 1.29 is 14.6 Å². The molecule has 2 rings (SSSR count). The second-order valence-electron chi connectivity index (χ2n) is 4.01. The molecule has 1 saturated heterocycles. The number of carboxylic acids is 1. The largest absolute Gasteiger partial charge is 0.481 e. The Bertz CT molecular complexity index is 375. The maximum Gasteiger partial charge on any atom is 0.309 e. The second kappa shape index (κ2) is 4.65. The molecule has 1 aromatic heterocycles. The summed E-state index contributed by atoms with van der Waals surface area (Å²) in [6.07, 6.45) is 4.72. The molecule has 2 atom stereocenters. The second-order valence-corrected chi connectivity index (χ2v) is 4.01. The number of aryl methyl sites for hydroxylation is 1. The average molecular weight is 224 g/mol. The van der Waals surface area contributed by atoms with Gasteiger partial charge in [-0.3, -0.25) is 9.48 Å². The van der Waals surface area contributed by atoms with Crippen LogP contribution in [0.5, 0.6) is 0 Å². The van der Waals surface area contributed by atoms with Crippen LogP contribution in [0.25, 0.3) is 0 Å². The highest BCUT2D eigenvalue weighted by Crippen LogP contribution is 2.33. The number of aliphatic carboxylic acids is 1. The van der Waals surface area contributed by atoms with Crippen LogP contribution in [0.4, 0.5) is 0 Å². The Kier molecular flexibility index (Phi) is 3.24. The Morgan fingerprint density at radius 1 is 1.75 bits per heavy atom. The van der Waals surface area contributed by atoms with Crippen molar-refractivity contribution in [1.29, 1.82) is 0 Å². The van der Waals surface area contributed by atoms with Crippen LogP contribution in [-0.4, -0.2) is 27.5 Å². The number of hydrogen-bond donors (Lipinski definition) is 1. The molecule has 88 valence electrons. The summed E-state index contributed by atoms with van der Waals surface area (Å²) in [7, 11) is 0. The quantitative estimate of drug-likeness (QED) is 0.844. The molecule has 5 heteroatoms. The monoisotopic (exact) mass is 224 g/mol. The van der Waals surface area contributed by atoms with Crippen molar-refractivity contribution in [2.24, 2.45) is 5.92 Å². The third-order valence-corrected chi connectivity index (χ3v) is 2.95. The fourth-order valence-electron chi connectivity index (χ4n) is 2.06. The zero-order chi connectivity index (χ0) is 11.5. The molecule has 0 radical (unpaired) electrons. The summed E-state index contributed by atoms with van der Waals surface area (Å²) in [5.74, 6) is -1.22. The zero-order valence-electron chi connectivity index (χ0n) is 9.30. The first-order chi connectivity index (χ1) is 7.72. The van der Waals surface area contributed by atoms with Crippen LogP contribution < -0.4 is 0 Å². The summed E-state index contributed by atoms with van der Waals surface area (Å²) in [5, 5.41) is 13.3. The molecule has 0 aliphatic carbocycles. The van der Waals surface area contributed by atoms with Gasteiger partial charge >= 0.3 is 5.97 Å². The molecule has 1 N–H and O–H groups in total. The molecule has 0 saturated carbocycles. The number of ether oxygens (including phenoxy) is 1. The highest BCUT2D eigenvalue weighted by Gasteiger charge is 2.33. The van der Waals surface area contributed by atoms with Crippen molar-refractivity contribution in [2.45, 2.75) is 32.4 Å². The third-order valence-electron chi connectivity index (χ3n) is 2.95. The van der Waals surface area contributed by atoms with Crippen molar-refractivity contribution in [3.8, 4) is 0 Å². The molecule has 1 fully saturated rings. The molecule has 0 unspecified atom stereocenters. The molecule has 0 spiro atoms. The molecular weight excluding hydrogens is 208 g/mol. The fraction of sp³-hybridized carbons (Fsp3) is 0.636. The molecule has 0 bridgehead atoms. The van der Waals surface area contributed by atoms with E-state index < -0.39 is 11.9 Å². The topological polar surface area (TPSA) is 64.3 Å². The first kappa shape index (κ1) is 11.1. The summed E-state index contributed by atoms with van der Waals surface area (Å²) in [5.41, 5.74) is 0.869. The van der Waals surface area contributed by atoms with Gasteiger partial charge in [-0.1, -0.05) is 0 Å². The van der Waals surface area contributed by atoms with Crippen molar-refractivity contribution in [2.75, 3.05) is 6.61 Å². The predicted molar refractivity (Wildman–Crippen MR) is 57.0 cm³/mol. The lowest BCUT2D eigenvalue weighted by atomic mass is 9.91. The number of nitrogens with zero attached hydrogens (tertiary/aromatic N) is 2. The predicted octanol–water partition coefficient (Wildman–Crippen LogP) is 1.46. The van der Waals surface area contributed by atoms with E-state index in [4.69, 9.17) is 9.84 Å². The van der Waals surface area contributed by atoms with E-state index >= 15 is 0 Å². The van der Waals surface area contributed by atoms with Gasteiger partial charge in [0.2, 0.25) is 0 Å². The van der Waals surface area contributed by atoms with E-state index in [9.17, 15) is 4.79 Å². The normalized spacial score (nSPS) is 25.6. The lowest BCUT2D eigenvalue weighted by Gasteiger charge is -2.28. The molecule has 16 heavy (non-hydrogen) atoms. The van der Waals surface area contributed by atoms with Gasteiger partial charge < -0.3 is 9.84 Å². The molecule has 0 aromatic carbocycles. The molecular formula is C11H16N2O3. The minimum atomic E-state index is -0.783. The van der Waals surface area contributed by atoms with Gasteiger partial charge in [0.25, 0.3) is 0 Å². The van der Waals surface area contributed by atoms with E-state index in [0.717, 1.165) is 18.5 Å².